The van der Waals surface area contributed by atoms with Gasteiger partial charge in [-0.1, -0.05) is 11.8 Å². The van der Waals surface area contributed by atoms with Crippen molar-refractivity contribution in [2.45, 2.75) is 57.4 Å². The normalized spacial score (nSPS) is 14.2. The van der Waals surface area contributed by atoms with E-state index in [1.165, 1.54) is 18.9 Å². The molecule has 0 saturated heterocycles. The van der Waals surface area contributed by atoms with E-state index < -0.39 is 5.54 Å². The van der Waals surface area contributed by atoms with Crippen molar-refractivity contribution in [1.29, 1.82) is 0 Å². The molecular formula is C13H24N4O3S. The summed E-state index contributed by atoms with van der Waals surface area (Å²) < 4.78 is 6.45. The molecule has 2 N–H and O–H groups in total. The number of nitrogens with one attached hydrogen (secondary N) is 2. The quantitative estimate of drug-likeness (QED) is 0.549. The van der Waals surface area contributed by atoms with Gasteiger partial charge in [0.1, 0.15) is 5.54 Å². The van der Waals surface area contributed by atoms with Crippen LogP contribution in [0.5, 0.6) is 0 Å². The van der Waals surface area contributed by atoms with Crippen LogP contribution in [0.4, 0.5) is 0 Å². The van der Waals surface area contributed by atoms with E-state index in [4.69, 9.17) is 4.74 Å². The average molecular weight is 316 g/mol. The number of carbonyl (C=O) groups excluding carboxylic acids is 1. The minimum absolute atomic E-state index is 0.165. The fourth-order valence-corrected chi connectivity index (χ4v) is 3.31. The van der Waals surface area contributed by atoms with Crippen molar-refractivity contribution in [1.82, 2.24) is 20.1 Å². The summed E-state index contributed by atoms with van der Waals surface area (Å²) in [5.41, 5.74) is -0.958. The van der Waals surface area contributed by atoms with Crippen LogP contribution in [-0.2, 0) is 16.1 Å². The maximum Gasteiger partial charge on any atom is 0.343 e. The Morgan fingerprint density at radius 3 is 2.76 bits per heavy atom. The molecule has 1 aromatic rings. The lowest BCUT2D eigenvalue weighted by Crippen LogP contribution is -2.53. The van der Waals surface area contributed by atoms with Gasteiger partial charge in [0, 0.05) is 18.3 Å². The van der Waals surface area contributed by atoms with Crippen LogP contribution in [0.25, 0.3) is 0 Å². The number of nitrogens with zero attached hydrogens (tertiary/aromatic N) is 2. The number of carbonyl (C=O) groups is 1. The number of ether oxygens (including phenoxy) is 1. The second kappa shape index (κ2) is 7.65. The molecule has 0 bridgehead atoms. The predicted octanol–water partition coefficient (Wildman–Crippen LogP) is 1.00. The molecule has 7 nitrogen and oxygen atoms in total. The number of esters is 1. The van der Waals surface area contributed by atoms with Crippen molar-refractivity contribution in [3.63, 3.8) is 0 Å². The summed E-state index contributed by atoms with van der Waals surface area (Å²) in [6, 6.07) is 0.165. The molecule has 0 fully saturated rings. The number of hydrogen-bond donors (Lipinski definition) is 2. The molecule has 1 unspecified atom stereocenters. The highest BCUT2D eigenvalue weighted by atomic mass is 32.2. The Bertz CT molecular complexity index is 526. The van der Waals surface area contributed by atoms with Gasteiger partial charge in [-0.2, -0.15) is 0 Å². The van der Waals surface area contributed by atoms with Gasteiger partial charge in [0.05, 0.1) is 7.11 Å². The summed E-state index contributed by atoms with van der Waals surface area (Å²) >= 11 is 1.45. The van der Waals surface area contributed by atoms with E-state index in [-0.39, 0.29) is 17.7 Å². The fraction of sp³-hybridized carbons (Fsp3) is 0.769. The van der Waals surface area contributed by atoms with Crippen molar-refractivity contribution in [2.75, 3.05) is 12.9 Å². The lowest BCUT2D eigenvalue weighted by molar-refractivity contribution is -0.148. The van der Waals surface area contributed by atoms with Crippen LogP contribution in [0.1, 0.15) is 34.1 Å². The molecule has 1 atom stereocenters. The van der Waals surface area contributed by atoms with Gasteiger partial charge < -0.3 is 4.74 Å². The van der Waals surface area contributed by atoms with E-state index in [1.54, 1.807) is 4.57 Å². The number of methoxy groups -OCH3 is 1. The zero-order chi connectivity index (χ0) is 16.0. The van der Waals surface area contributed by atoms with Crippen LogP contribution < -0.4 is 11.0 Å². The van der Waals surface area contributed by atoms with Gasteiger partial charge in [-0.3, -0.25) is 14.7 Å². The molecule has 0 radical (unpaired) electrons. The van der Waals surface area contributed by atoms with Crippen molar-refractivity contribution in [2.24, 2.45) is 0 Å². The highest BCUT2D eigenvalue weighted by Gasteiger charge is 2.34. The number of hydrogen-bond acceptors (Lipinski definition) is 6. The van der Waals surface area contributed by atoms with E-state index in [1.807, 2.05) is 27.7 Å². The topological polar surface area (TPSA) is 89.0 Å². The van der Waals surface area contributed by atoms with Gasteiger partial charge in [-0.15, -0.1) is 5.10 Å². The molecule has 1 rings (SSSR count). The highest BCUT2D eigenvalue weighted by molar-refractivity contribution is 7.99. The Morgan fingerprint density at radius 2 is 2.24 bits per heavy atom. The smallest absolute Gasteiger partial charge is 0.343 e. The first kappa shape index (κ1) is 17.8. The van der Waals surface area contributed by atoms with E-state index in [0.717, 1.165) is 0 Å². The Labute approximate surface area is 128 Å². The molecule has 8 heteroatoms. The second-order valence-corrected chi connectivity index (χ2v) is 6.34. The largest absolute Gasteiger partial charge is 0.468 e. The molecule has 21 heavy (non-hydrogen) atoms. The zero-order valence-corrected chi connectivity index (χ0v) is 14.0. The van der Waals surface area contributed by atoms with Crippen molar-refractivity contribution >= 4 is 17.7 Å². The maximum absolute atomic E-state index is 12.0. The standard InChI is InChI=1S/C13H24N4O3S/c1-6-17-11(19)15-16-12(17)21-8-7-13(4,10(18)20-5)14-9(2)3/h9,14H,6-8H2,1-5H3,(H,15,19). The first-order valence-corrected chi connectivity index (χ1v) is 7.96. The third-order valence-corrected chi connectivity index (χ3v) is 4.09. The fourth-order valence-electron chi connectivity index (χ4n) is 2.13. The Morgan fingerprint density at radius 1 is 1.57 bits per heavy atom. The summed E-state index contributed by atoms with van der Waals surface area (Å²) in [6.07, 6.45) is 0.577. The van der Waals surface area contributed by atoms with Gasteiger partial charge in [0.15, 0.2) is 5.16 Å². The predicted molar refractivity (Wildman–Crippen MR) is 82.6 cm³/mol. The molecule has 1 heterocycles. The molecule has 0 aromatic carbocycles. The van der Waals surface area contributed by atoms with Crippen LogP contribution >= 0.6 is 11.8 Å². The summed E-state index contributed by atoms with van der Waals surface area (Å²) in [7, 11) is 1.39. The van der Waals surface area contributed by atoms with Crippen LogP contribution in [-0.4, -0.2) is 45.2 Å². The molecule has 0 aliphatic rings. The second-order valence-electron chi connectivity index (χ2n) is 5.28. The third kappa shape index (κ3) is 4.60. The number of thioether (sulfide) groups is 1. The van der Waals surface area contributed by atoms with Gasteiger partial charge >= 0.3 is 11.7 Å². The van der Waals surface area contributed by atoms with E-state index in [2.05, 4.69) is 15.5 Å². The number of H-pyrrole nitrogens is 1. The molecule has 0 aliphatic heterocycles. The summed E-state index contributed by atoms with van der Waals surface area (Å²) in [4.78, 5) is 23.4. The minimum atomic E-state index is -0.746. The molecule has 0 aliphatic carbocycles. The first-order valence-electron chi connectivity index (χ1n) is 6.98. The van der Waals surface area contributed by atoms with Crippen molar-refractivity contribution in [3.05, 3.63) is 10.5 Å². The molecular weight excluding hydrogens is 292 g/mol. The molecule has 1 aromatic heterocycles. The molecule has 0 saturated carbocycles. The van der Waals surface area contributed by atoms with Crippen LogP contribution in [0, 0.1) is 0 Å². The number of rotatable bonds is 8. The number of aromatic amines is 1. The monoisotopic (exact) mass is 316 g/mol. The molecule has 0 spiro atoms. The number of aromatic nitrogens is 3. The van der Waals surface area contributed by atoms with Crippen molar-refractivity contribution in [3.8, 4) is 0 Å². The maximum atomic E-state index is 12.0. The molecule has 0 amide bonds. The van der Waals surface area contributed by atoms with Gasteiger partial charge in [-0.05, 0) is 34.1 Å². The van der Waals surface area contributed by atoms with Crippen LogP contribution in [0.15, 0.2) is 9.95 Å². The Hall–Kier alpha value is -1.28. The average Bonchev–Trinajstić information content (AvgIpc) is 2.77. The lowest BCUT2D eigenvalue weighted by Gasteiger charge is -2.30. The lowest BCUT2D eigenvalue weighted by atomic mass is 9.98. The highest BCUT2D eigenvalue weighted by Crippen LogP contribution is 2.21. The van der Waals surface area contributed by atoms with Gasteiger partial charge in [-0.25, -0.2) is 9.89 Å². The summed E-state index contributed by atoms with van der Waals surface area (Å²) in [6.45, 7) is 8.25. The van der Waals surface area contributed by atoms with Crippen molar-refractivity contribution < 1.29 is 9.53 Å². The Balaban J connectivity index is 2.69. The van der Waals surface area contributed by atoms with E-state index in [0.29, 0.717) is 23.9 Å². The molecule has 120 valence electrons. The van der Waals surface area contributed by atoms with Crippen LogP contribution in [0.3, 0.4) is 0 Å². The van der Waals surface area contributed by atoms with E-state index in [9.17, 15) is 9.59 Å². The van der Waals surface area contributed by atoms with Crippen LogP contribution in [0.2, 0.25) is 0 Å². The van der Waals surface area contributed by atoms with Gasteiger partial charge in [0.2, 0.25) is 0 Å². The minimum Gasteiger partial charge on any atom is -0.468 e. The first-order chi connectivity index (χ1) is 9.84. The summed E-state index contributed by atoms with van der Waals surface area (Å²) in [5, 5.41) is 10.3. The van der Waals surface area contributed by atoms with E-state index >= 15 is 0 Å². The zero-order valence-electron chi connectivity index (χ0n) is 13.2. The van der Waals surface area contributed by atoms with Gasteiger partial charge in [0.25, 0.3) is 0 Å². The Kier molecular flexibility index (Phi) is 6.47. The summed E-state index contributed by atoms with van der Waals surface area (Å²) in [5.74, 6) is 0.363. The third-order valence-electron chi connectivity index (χ3n) is 3.12. The SMILES string of the molecule is CCn1c(SCCC(C)(NC(C)C)C(=O)OC)n[nH]c1=O.